The van der Waals surface area contributed by atoms with Crippen LogP contribution in [0.2, 0.25) is 0 Å². The van der Waals surface area contributed by atoms with Crippen molar-refractivity contribution in [1.82, 2.24) is 25.1 Å². The van der Waals surface area contributed by atoms with Crippen LogP contribution in [0.3, 0.4) is 0 Å². The van der Waals surface area contributed by atoms with Crippen LogP contribution >= 0.6 is 0 Å². The van der Waals surface area contributed by atoms with Gasteiger partial charge in [0.2, 0.25) is 5.89 Å². The summed E-state index contributed by atoms with van der Waals surface area (Å²) in [5.41, 5.74) is 15.4. The minimum atomic E-state index is -0.737. The highest BCUT2D eigenvalue weighted by Gasteiger charge is 2.23. The Labute approximate surface area is 197 Å². The SMILES string of the molecule is CC(N)CCc1ccc(-c2nnc(-c3nc(-c4ccnc(C(C)(C)C#N)c4)cnc3N)o2)cc1. The summed E-state index contributed by atoms with van der Waals surface area (Å²) in [5, 5.41) is 17.7. The maximum Gasteiger partial charge on any atom is 0.270 e. The van der Waals surface area contributed by atoms with Crippen LogP contribution in [0.4, 0.5) is 5.82 Å². The Bertz CT molecular complexity index is 1340. The maximum absolute atomic E-state index is 9.43. The maximum atomic E-state index is 9.43. The summed E-state index contributed by atoms with van der Waals surface area (Å²) in [6, 6.07) is 14.0. The van der Waals surface area contributed by atoms with Gasteiger partial charge >= 0.3 is 0 Å². The summed E-state index contributed by atoms with van der Waals surface area (Å²) in [5.74, 6) is 0.716. The minimum absolute atomic E-state index is 0.164. The van der Waals surface area contributed by atoms with E-state index >= 15 is 0 Å². The fraction of sp³-hybridized carbons (Fsp3) is 0.280. The first-order chi connectivity index (χ1) is 16.3. The molecule has 1 atom stereocenters. The van der Waals surface area contributed by atoms with Crippen LogP contribution in [0.25, 0.3) is 34.3 Å². The zero-order chi connectivity index (χ0) is 24.3. The number of benzene rings is 1. The zero-order valence-corrected chi connectivity index (χ0v) is 19.4. The molecule has 9 heteroatoms. The molecule has 9 nitrogen and oxygen atoms in total. The minimum Gasteiger partial charge on any atom is -0.414 e. The number of nitriles is 1. The van der Waals surface area contributed by atoms with Gasteiger partial charge in [-0.3, -0.25) is 4.98 Å². The van der Waals surface area contributed by atoms with Crippen molar-refractivity contribution in [1.29, 1.82) is 5.26 Å². The number of pyridine rings is 1. The highest BCUT2D eigenvalue weighted by molar-refractivity contribution is 5.69. The van der Waals surface area contributed by atoms with Crippen molar-refractivity contribution in [3.63, 3.8) is 0 Å². The number of rotatable bonds is 7. The lowest BCUT2D eigenvalue weighted by atomic mass is 9.90. The van der Waals surface area contributed by atoms with E-state index in [1.807, 2.05) is 51.1 Å². The van der Waals surface area contributed by atoms with E-state index in [0.717, 1.165) is 24.0 Å². The molecule has 0 aliphatic heterocycles. The standard InChI is InChI=1S/C25H26N8O/c1-15(27)4-5-16-6-8-17(9-7-16)23-32-33-24(34-23)21-22(28)30-13-19(31-21)18-10-11-29-20(12-18)25(2,3)14-26/h6-13,15H,4-5,27H2,1-3H3,(H2,28,30). The van der Waals surface area contributed by atoms with E-state index in [-0.39, 0.29) is 17.8 Å². The fourth-order valence-corrected chi connectivity index (χ4v) is 3.33. The van der Waals surface area contributed by atoms with E-state index < -0.39 is 5.41 Å². The molecule has 3 heterocycles. The first-order valence-electron chi connectivity index (χ1n) is 11.0. The summed E-state index contributed by atoms with van der Waals surface area (Å²) in [4.78, 5) is 13.2. The van der Waals surface area contributed by atoms with Gasteiger partial charge < -0.3 is 15.9 Å². The van der Waals surface area contributed by atoms with Gasteiger partial charge in [-0.05, 0) is 63.4 Å². The normalized spacial score (nSPS) is 12.3. The van der Waals surface area contributed by atoms with Crippen molar-refractivity contribution in [3.05, 3.63) is 60.0 Å². The third-order valence-corrected chi connectivity index (χ3v) is 5.49. The molecule has 1 aromatic carbocycles. The molecule has 4 N–H and O–H groups in total. The van der Waals surface area contributed by atoms with Crippen molar-refractivity contribution in [2.24, 2.45) is 5.73 Å². The Balaban J connectivity index is 1.62. The number of hydrogen-bond acceptors (Lipinski definition) is 9. The quantitative estimate of drug-likeness (QED) is 0.423. The van der Waals surface area contributed by atoms with Gasteiger partial charge in [-0.2, -0.15) is 5.26 Å². The van der Waals surface area contributed by atoms with E-state index in [2.05, 4.69) is 31.2 Å². The van der Waals surface area contributed by atoms with Gasteiger partial charge in [0, 0.05) is 23.4 Å². The van der Waals surface area contributed by atoms with Crippen LogP contribution in [0.1, 0.15) is 38.4 Å². The van der Waals surface area contributed by atoms with Crippen LogP contribution < -0.4 is 11.5 Å². The summed E-state index contributed by atoms with van der Waals surface area (Å²) >= 11 is 0. The third kappa shape index (κ3) is 4.92. The summed E-state index contributed by atoms with van der Waals surface area (Å²) in [7, 11) is 0. The highest BCUT2D eigenvalue weighted by atomic mass is 16.4. The van der Waals surface area contributed by atoms with E-state index in [4.69, 9.17) is 15.9 Å². The lowest BCUT2D eigenvalue weighted by molar-refractivity contribution is 0.582. The van der Waals surface area contributed by atoms with Crippen molar-refractivity contribution in [2.75, 3.05) is 5.73 Å². The molecule has 3 aromatic heterocycles. The van der Waals surface area contributed by atoms with Gasteiger partial charge in [-0.15, -0.1) is 10.2 Å². The van der Waals surface area contributed by atoms with Crippen LogP contribution in [-0.4, -0.2) is 31.2 Å². The number of nitrogens with zero attached hydrogens (tertiary/aromatic N) is 6. The molecule has 1 unspecified atom stereocenters. The van der Waals surface area contributed by atoms with Crippen LogP contribution in [0.15, 0.2) is 53.2 Å². The van der Waals surface area contributed by atoms with Gasteiger partial charge in [-0.1, -0.05) is 12.1 Å². The number of anilines is 1. The second-order valence-electron chi connectivity index (χ2n) is 8.78. The molecule has 0 bridgehead atoms. The average molecular weight is 455 g/mol. The third-order valence-electron chi connectivity index (χ3n) is 5.49. The molecule has 172 valence electrons. The number of nitrogen functional groups attached to an aromatic ring is 1. The van der Waals surface area contributed by atoms with Crippen molar-refractivity contribution in [2.45, 2.75) is 45.1 Å². The first-order valence-corrected chi connectivity index (χ1v) is 11.0. The number of hydrogen-bond donors (Lipinski definition) is 2. The predicted octanol–water partition coefficient (Wildman–Crippen LogP) is 3.92. The summed E-state index contributed by atoms with van der Waals surface area (Å²) in [6.45, 7) is 5.62. The topological polar surface area (TPSA) is 153 Å². The number of aromatic nitrogens is 5. The monoisotopic (exact) mass is 454 g/mol. The van der Waals surface area contributed by atoms with Gasteiger partial charge in [0.15, 0.2) is 11.5 Å². The van der Waals surface area contributed by atoms with Crippen molar-refractivity contribution in [3.8, 4) is 40.4 Å². The molecule has 0 aliphatic rings. The van der Waals surface area contributed by atoms with Crippen molar-refractivity contribution < 1.29 is 4.42 Å². The van der Waals surface area contributed by atoms with E-state index in [1.54, 1.807) is 18.5 Å². The largest absolute Gasteiger partial charge is 0.414 e. The molecule has 0 amide bonds. The molecule has 0 saturated heterocycles. The first kappa shape index (κ1) is 23.0. The lowest BCUT2D eigenvalue weighted by Crippen LogP contribution is -2.15. The van der Waals surface area contributed by atoms with E-state index in [1.165, 1.54) is 5.56 Å². The number of nitrogens with two attached hydrogens (primary N) is 2. The van der Waals surface area contributed by atoms with Crippen molar-refractivity contribution >= 4 is 5.82 Å². The van der Waals surface area contributed by atoms with E-state index in [9.17, 15) is 5.26 Å². The second-order valence-corrected chi connectivity index (χ2v) is 8.78. The molecule has 0 radical (unpaired) electrons. The van der Waals surface area contributed by atoms with Gasteiger partial charge in [0.25, 0.3) is 5.89 Å². The summed E-state index contributed by atoms with van der Waals surface area (Å²) < 4.78 is 5.88. The fourth-order valence-electron chi connectivity index (χ4n) is 3.33. The van der Waals surface area contributed by atoms with E-state index in [0.29, 0.717) is 23.0 Å². The molecule has 4 rings (SSSR count). The Hall–Kier alpha value is -4.16. The van der Waals surface area contributed by atoms with Crippen LogP contribution in [0.5, 0.6) is 0 Å². The van der Waals surface area contributed by atoms with Crippen LogP contribution in [-0.2, 0) is 11.8 Å². The Morgan fingerprint density at radius 1 is 1.06 bits per heavy atom. The molecule has 4 aromatic rings. The van der Waals surface area contributed by atoms with Gasteiger partial charge in [-0.25, -0.2) is 9.97 Å². The molecule has 0 aliphatic carbocycles. The predicted molar refractivity (Wildman–Crippen MR) is 129 cm³/mol. The molecular weight excluding hydrogens is 428 g/mol. The Kier molecular flexibility index (Phi) is 6.34. The lowest BCUT2D eigenvalue weighted by Gasteiger charge is -2.15. The molecule has 0 fully saturated rings. The van der Waals surface area contributed by atoms with Gasteiger partial charge in [0.05, 0.1) is 29.1 Å². The molecule has 0 spiro atoms. The number of aryl methyl sites for hydroxylation is 1. The highest BCUT2D eigenvalue weighted by Crippen LogP contribution is 2.29. The molecule has 0 saturated carbocycles. The molecule has 34 heavy (non-hydrogen) atoms. The second kappa shape index (κ2) is 9.37. The zero-order valence-electron chi connectivity index (χ0n) is 19.4. The average Bonchev–Trinajstić information content (AvgIpc) is 3.33. The Morgan fingerprint density at radius 3 is 2.50 bits per heavy atom. The smallest absolute Gasteiger partial charge is 0.270 e. The van der Waals surface area contributed by atoms with Gasteiger partial charge in [0.1, 0.15) is 0 Å². The Morgan fingerprint density at radius 2 is 1.79 bits per heavy atom. The van der Waals surface area contributed by atoms with Crippen LogP contribution in [0, 0.1) is 11.3 Å². The molecular formula is C25H26N8O. The summed E-state index contributed by atoms with van der Waals surface area (Å²) in [6.07, 6.45) is 5.04.